The third-order valence-corrected chi connectivity index (χ3v) is 5.25. The third-order valence-electron chi connectivity index (χ3n) is 5.25. The molecule has 1 fully saturated rings. The Labute approximate surface area is 163 Å². The van der Waals surface area contributed by atoms with Crippen molar-refractivity contribution >= 4 is 22.7 Å². The molecular formula is C22H24N4O2. The fraction of sp³-hybridized carbons (Fsp3) is 0.273. The van der Waals surface area contributed by atoms with E-state index in [1.165, 1.54) is 0 Å². The molecule has 144 valence electrons. The Balaban J connectivity index is 1.34. The predicted molar refractivity (Wildman–Crippen MR) is 109 cm³/mol. The quantitative estimate of drug-likeness (QED) is 0.731. The zero-order valence-corrected chi connectivity index (χ0v) is 15.7. The van der Waals surface area contributed by atoms with Crippen LogP contribution in [0.15, 0.2) is 60.7 Å². The topological polar surface area (TPSA) is 82.4 Å². The summed E-state index contributed by atoms with van der Waals surface area (Å²) in [5.74, 6) is -0.0848. The molecule has 1 aliphatic heterocycles. The van der Waals surface area contributed by atoms with Crippen LogP contribution in [-0.4, -0.2) is 58.8 Å². The number of aromatic nitrogens is 1. The molecule has 6 heteroatoms. The lowest BCUT2D eigenvalue weighted by molar-refractivity contribution is -0.134. The molecule has 3 N–H and O–H groups in total. The van der Waals surface area contributed by atoms with Crippen molar-refractivity contribution in [3.8, 4) is 0 Å². The van der Waals surface area contributed by atoms with Gasteiger partial charge in [-0.2, -0.15) is 0 Å². The zero-order valence-electron chi connectivity index (χ0n) is 15.7. The number of aromatic amines is 1. The summed E-state index contributed by atoms with van der Waals surface area (Å²) in [7, 11) is 0. The van der Waals surface area contributed by atoms with Gasteiger partial charge in [-0.1, -0.05) is 48.5 Å². The first-order chi connectivity index (χ1) is 13.6. The van der Waals surface area contributed by atoms with Gasteiger partial charge in [0.1, 0.15) is 5.69 Å². The van der Waals surface area contributed by atoms with Crippen molar-refractivity contribution in [2.24, 2.45) is 5.73 Å². The second-order valence-corrected chi connectivity index (χ2v) is 7.18. The summed E-state index contributed by atoms with van der Waals surface area (Å²) in [6.45, 7) is 2.04. The zero-order chi connectivity index (χ0) is 19.5. The van der Waals surface area contributed by atoms with Crippen molar-refractivity contribution < 1.29 is 9.59 Å². The second-order valence-electron chi connectivity index (χ2n) is 7.18. The van der Waals surface area contributed by atoms with E-state index in [0.29, 0.717) is 38.3 Å². The van der Waals surface area contributed by atoms with Crippen LogP contribution in [0.1, 0.15) is 16.1 Å². The molecule has 1 atom stereocenters. The van der Waals surface area contributed by atoms with Crippen LogP contribution in [0.4, 0.5) is 0 Å². The van der Waals surface area contributed by atoms with E-state index < -0.39 is 6.04 Å². The number of nitrogens with one attached hydrogen (secondary N) is 1. The molecular weight excluding hydrogens is 352 g/mol. The van der Waals surface area contributed by atoms with Gasteiger partial charge in [0.05, 0.1) is 6.04 Å². The Morgan fingerprint density at radius 3 is 2.29 bits per heavy atom. The third kappa shape index (κ3) is 3.77. The molecule has 0 bridgehead atoms. The van der Waals surface area contributed by atoms with E-state index in [2.05, 4.69) is 4.98 Å². The van der Waals surface area contributed by atoms with Crippen LogP contribution in [0, 0.1) is 0 Å². The number of fused-ring (bicyclic) bond motifs is 1. The molecule has 0 unspecified atom stereocenters. The van der Waals surface area contributed by atoms with E-state index in [1.54, 1.807) is 9.80 Å². The van der Waals surface area contributed by atoms with Gasteiger partial charge in [-0.15, -0.1) is 0 Å². The Kier molecular flexibility index (Phi) is 5.12. The lowest BCUT2D eigenvalue weighted by Gasteiger charge is -2.35. The van der Waals surface area contributed by atoms with E-state index in [1.807, 2.05) is 60.7 Å². The maximum atomic E-state index is 12.8. The molecule has 1 aliphatic rings. The summed E-state index contributed by atoms with van der Waals surface area (Å²) < 4.78 is 0. The molecule has 6 nitrogen and oxygen atoms in total. The monoisotopic (exact) mass is 376 g/mol. The van der Waals surface area contributed by atoms with Gasteiger partial charge < -0.3 is 20.5 Å². The highest BCUT2D eigenvalue weighted by Crippen LogP contribution is 2.17. The molecule has 2 amide bonds. The number of piperazine rings is 1. The Hall–Kier alpha value is -3.12. The minimum absolute atomic E-state index is 0.0307. The van der Waals surface area contributed by atoms with E-state index >= 15 is 0 Å². The van der Waals surface area contributed by atoms with Crippen LogP contribution >= 0.6 is 0 Å². The van der Waals surface area contributed by atoms with Gasteiger partial charge in [-0.05, 0) is 24.1 Å². The molecule has 0 saturated carbocycles. The number of carbonyl (C=O) groups excluding carboxylic acids is 2. The number of benzene rings is 2. The summed E-state index contributed by atoms with van der Waals surface area (Å²) in [6.07, 6.45) is 0.522. The van der Waals surface area contributed by atoms with Crippen molar-refractivity contribution in [3.05, 3.63) is 71.9 Å². The molecule has 1 saturated heterocycles. The molecule has 0 radical (unpaired) electrons. The van der Waals surface area contributed by atoms with Crippen LogP contribution in [0.2, 0.25) is 0 Å². The Bertz CT molecular complexity index is 941. The standard InChI is InChI=1S/C22H24N4O2/c23-18(14-16-6-2-1-3-7-16)21(27)25-10-12-26(13-11-25)22(28)20-15-17-8-4-5-9-19(17)24-20/h1-9,15,18,24H,10-14,23H2/t18-/m0/s1. The van der Waals surface area contributed by atoms with Gasteiger partial charge in [-0.3, -0.25) is 9.59 Å². The van der Waals surface area contributed by atoms with Crippen molar-refractivity contribution in [1.29, 1.82) is 0 Å². The van der Waals surface area contributed by atoms with Gasteiger partial charge in [0.25, 0.3) is 5.91 Å². The minimum Gasteiger partial charge on any atom is -0.351 e. The summed E-state index contributed by atoms with van der Waals surface area (Å²) in [4.78, 5) is 32.2. The first-order valence-corrected chi connectivity index (χ1v) is 9.57. The molecule has 0 spiro atoms. The van der Waals surface area contributed by atoms with Crippen molar-refractivity contribution in [2.45, 2.75) is 12.5 Å². The lowest BCUT2D eigenvalue weighted by atomic mass is 10.1. The number of rotatable bonds is 4. The average molecular weight is 376 g/mol. The van der Waals surface area contributed by atoms with Gasteiger partial charge in [0.15, 0.2) is 0 Å². The maximum Gasteiger partial charge on any atom is 0.270 e. The highest BCUT2D eigenvalue weighted by atomic mass is 16.2. The van der Waals surface area contributed by atoms with Gasteiger partial charge in [0.2, 0.25) is 5.91 Å². The summed E-state index contributed by atoms with van der Waals surface area (Å²) in [6, 6.07) is 18.9. The number of hydrogen-bond donors (Lipinski definition) is 2. The molecule has 0 aliphatic carbocycles. The Morgan fingerprint density at radius 1 is 0.929 bits per heavy atom. The number of para-hydroxylation sites is 1. The SMILES string of the molecule is N[C@@H](Cc1ccccc1)C(=O)N1CCN(C(=O)c2cc3ccccc3[nH]2)CC1. The summed E-state index contributed by atoms with van der Waals surface area (Å²) in [5, 5.41) is 1.02. The first kappa shape index (κ1) is 18.3. The average Bonchev–Trinajstić information content (AvgIpc) is 3.18. The number of nitrogens with two attached hydrogens (primary N) is 1. The summed E-state index contributed by atoms with van der Waals surface area (Å²) in [5.41, 5.74) is 8.72. The normalized spacial score (nSPS) is 15.6. The van der Waals surface area contributed by atoms with Crippen molar-refractivity contribution in [3.63, 3.8) is 0 Å². The maximum absolute atomic E-state index is 12.8. The van der Waals surface area contributed by atoms with E-state index in [-0.39, 0.29) is 11.8 Å². The highest BCUT2D eigenvalue weighted by molar-refractivity contribution is 5.98. The van der Waals surface area contributed by atoms with Crippen molar-refractivity contribution in [1.82, 2.24) is 14.8 Å². The number of hydrogen-bond acceptors (Lipinski definition) is 3. The number of nitrogens with zero attached hydrogens (tertiary/aromatic N) is 2. The van der Waals surface area contributed by atoms with E-state index in [0.717, 1.165) is 16.5 Å². The predicted octanol–water partition coefficient (Wildman–Crippen LogP) is 2.02. The minimum atomic E-state index is -0.557. The molecule has 4 rings (SSSR count). The molecule has 28 heavy (non-hydrogen) atoms. The lowest BCUT2D eigenvalue weighted by Crippen LogP contribution is -2.54. The second kappa shape index (κ2) is 7.86. The van der Waals surface area contributed by atoms with Crippen LogP contribution in [0.5, 0.6) is 0 Å². The molecule has 1 aromatic heterocycles. The fourth-order valence-corrected chi connectivity index (χ4v) is 3.68. The number of amides is 2. The largest absolute Gasteiger partial charge is 0.351 e. The van der Waals surface area contributed by atoms with Crippen LogP contribution < -0.4 is 5.73 Å². The summed E-state index contributed by atoms with van der Waals surface area (Å²) >= 11 is 0. The fourth-order valence-electron chi connectivity index (χ4n) is 3.68. The number of H-pyrrole nitrogens is 1. The first-order valence-electron chi connectivity index (χ1n) is 9.57. The van der Waals surface area contributed by atoms with Crippen LogP contribution in [0.3, 0.4) is 0 Å². The van der Waals surface area contributed by atoms with Gasteiger partial charge >= 0.3 is 0 Å². The molecule has 2 aromatic carbocycles. The van der Waals surface area contributed by atoms with E-state index in [9.17, 15) is 9.59 Å². The van der Waals surface area contributed by atoms with Crippen LogP contribution in [0.25, 0.3) is 10.9 Å². The smallest absolute Gasteiger partial charge is 0.270 e. The van der Waals surface area contributed by atoms with Gasteiger partial charge in [-0.25, -0.2) is 0 Å². The Morgan fingerprint density at radius 2 is 1.57 bits per heavy atom. The van der Waals surface area contributed by atoms with Crippen LogP contribution in [-0.2, 0) is 11.2 Å². The van der Waals surface area contributed by atoms with Gasteiger partial charge in [0, 0.05) is 37.1 Å². The molecule has 3 aromatic rings. The highest BCUT2D eigenvalue weighted by Gasteiger charge is 2.28. The molecule has 2 heterocycles. The number of carbonyl (C=O) groups is 2. The van der Waals surface area contributed by atoms with Crippen molar-refractivity contribution in [2.75, 3.05) is 26.2 Å². The van der Waals surface area contributed by atoms with E-state index in [4.69, 9.17) is 5.73 Å².